The Bertz CT molecular complexity index is 852. The zero-order valence-corrected chi connectivity index (χ0v) is 12.8. The molecule has 0 spiro atoms. The van der Waals surface area contributed by atoms with Gasteiger partial charge in [0.05, 0.1) is 0 Å². The summed E-state index contributed by atoms with van der Waals surface area (Å²) < 4.78 is 2.02. The fourth-order valence-corrected chi connectivity index (χ4v) is 2.97. The van der Waals surface area contributed by atoms with Crippen LogP contribution in [0.3, 0.4) is 0 Å². The summed E-state index contributed by atoms with van der Waals surface area (Å²) in [7, 11) is 0. The SMILES string of the molecule is CCCCn1c(CC)nc2c(N=O)c3ccccc3c(O)c21. The number of phenolic OH excluding ortho intramolecular Hbond substituents is 1. The molecule has 0 amide bonds. The van der Waals surface area contributed by atoms with Crippen molar-refractivity contribution in [1.82, 2.24) is 9.55 Å². The third-order valence-corrected chi connectivity index (χ3v) is 4.08. The highest BCUT2D eigenvalue weighted by molar-refractivity contribution is 6.12. The number of rotatable bonds is 5. The van der Waals surface area contributed by atoms with Gasteiger partial charge in [0.25, 0.3) is 0 Å². The van der Waals surface area contributed by atoms with Crippen molar-refractivity contribution in [2.24, 2.45) is 5.18 Å². The van der Waals surface area contributed by atoms with Gasteiger partial charge in [0.1, 0.15) is 28.3 Å². The molecule has 3 rings (SSSR count). The highest BCUT2D eigenvalue weighted by Crippen LogP contribution is 2.42. The second kappa shape index (κ2) is 5.75. The quantitative estimate of drug-likeness (QED) is 0.697. The van der Waals surface area contributed by atoms with Gasteiger partial charge in [-0.1, -0.05) is 44.5 Å². The molecule has 0 radical (unpaired) electrons. The lowest BCUT2D eigenvalue weighted by Gasteiger charge is -2.10. The first-order valence-corrected chi connectivity index (χ1v) is 7.69. The minimum absolute atomic E-state index is 0.182. The van der Waals surface area contributed by atoms with E-state index < -0.39 is 0 Å². The third-order valence-electron chi connectivity index (χ3n) is 4.08. The molecule has 5 nitrogen and oxygen atoms in total. The second-order valence-corrected chi connectivity index (χ2v) is 5.42. The van der Waals surface area contributed by atoms with Crippen LogP contribution in [0.4, 0.5) is 5.69 Å². The number of aromatic nitrogens is 2. The van der Waals surface area contributed by atoms with Crippen LogP contribution in [0.15, 0.2) is 29.4 Å². The topological polar surface area (TPSA) is 67.5 Å². The van der Waals surface area contributed by atoms with Gasteiger partial charge in [0.15, 0.2) is 0 Å². The van der Waals surface area contributed by atoms with Crippen LogP contribution in [0.5, 0.6) is 5.75 Å². The van der Waals surface area contributed by atoms with E-state index in [1.54, 1.807) is 6.07 Å². The predicted molar refractivity (Wildman–Crippen MR) is 88.6 cm³/mol. The van der Waals surface area contributed by atoms with Gasteiger partial charge < -0.3 is 9.67 Å². The Labute approximate surface area is 128 Å². The molecule has 0 saturated carbocycles. The number of aromatic hydroxyl groups is 1. The summed E-state index contributed by atoms with van der Waals surface area (Å²) in [5.74, 6) is 1.06. The molecule has 3 aromatic rings. The molecule has 0 saturated heterocycles. The molecule has 5 heteroatoms. The number of nitrogens with zero attached hydrogens (tertiary/aromatic N) is 3. The van der Waals surface area contributed by atoms with Crippen LogP contribution < -0.4 is 0 Å². The summed E-state index contributed by atoms with van der Waals surface area (Å²) in [6, 6.07) is 7.27. The molecule has 1 N–H and O–H groups in total. The Balaban J connectivity index is 2.45. The van der Waals surface area contributed by atoms with Gasteiger partial charge in [-0.3, -0.25) is 0 Å². The summed E-state index contributed by atoms with van der Waals surface area (Å²) in [6.07, 6.45) is 2.79. The van der Waals surface area contributed by atoms with Crippen LogP contribution in [0, 0.1) is 4.91 Å². The van der Waals surface area contributed by atoms with Gasteiger partial charge in [-0.2, -0.15) is 0 Å². The van der Waals surface area contributed by atoms with Crippen molar-refractivity contribution in [2.45, 2.75) is 39.7 Å². The Kier molecular flexibility index (Phi) is 3.79. The average molecular weight is 297 g/mol. The molecule has 0 atom stereocenters. The molecule has 0 bridgehead atoms. The lowest BCUT2D eigenvalue weighted by Crippen LogP contribution is -2.03. The van der Waals surface area contributed by atoms with Gasteiger partial charge in [-0.15, -0.1) is 4.91 Å². The smallest absolute Gasteiger partial charge is 0.149 e. The maximum absolute atomic E-state index is 11.4. The first kappa shape index (κ1) is 14.5. The number of benzene rings is 2. The number of hydrogen-bond donors (Lipinski definition) is 1. The van der Waals surface area contributed by atoms with E-state index in [0.29, 0.717) is 27.5 Å². The van der Waals surface area contributed by atoms with Crippen molar-refractivity contribution < 1.29 is 5.11 Å². The zero-order chi connectivity index (χ0) is 15.7. The minimum atomic E-state index is 0.182. The highest BCUT2D eigenvalue weighted by atomic mass is 16.3. The van der Waals surface area contributed by atoms with E-state index in [-0.39, 0.29) is 5.75 Å². The monoisotopic (exact) mass is 297 g/mol. The third kappa shape index (κ3) is 2.04. The molecule has 2 aromatic carbocycles. The number of fused-ring (bicyclic) bond motifs is 2. The van der Waals surface area contributed by atoms with Gasteiger partial charge in [0.2, 0.25) is 0 Å². The maximum atomic E-state index is 11.4. The van der Waals surface area contributed by atoms with Crippen molar-refractivity contribution in [3.8, 4) is 5.75 Å². The molecule has 0 fully saturated rings. The van der Waals surface area contributed by atoms with Gasteiger partial charge in [-0.05, 0) is 11.6 Å². The van der Waals surface area contributed by atoms with E-state index in [1.807, 2.05) is 29.7 Å². The lowest BCUT2D eigenvalue weighted by molar-refractivity contribution is 0.482. The average Bonchev–Trinajstić information content (AvgIpc) is 2.92. The van der Waals surface area contributed by atoms with E-state index in [2.05, 4.69) is 17.1 Å². The normalized spacial score (nSPS) is 11.4. The van der Waals surface area contributed by atoms with E-state index in [0.717, 1.165) is 31.6 Å². The van der Waals surface area contributed by atoms with Crippen LogP contribution in [0.25, 0.3) is 21.8 Å². The largest absolute Gasteiger partial charge is 0.505 e. The standard InChI is InChI=1S/C17H19N3O2/c1-3-5-10-20-13(4-2)18-15-14(19-22)11-8-6-7-9-12(11)17(21)16(15)20/h6-9,21H,3-5,10H2,1-2H3. The Hall–Kier alpha value is -2.43. The Morgan fingerprint density at radius 3 is 2.59 bits per heavy atom. The number of hydrogen-bond acceptors (Lipinski definition) is 4. The molecular weight excluding hydrogens is 278 g/mol. The summed E-state index contributed by atoms with van der Waals surface area (Å²) in [6.45, 7) is 4.92. The molecule has 22 heavy (non-hydrogen) atoms. The summed E-state index contributed by atoms with van der Waals surface area (Å²) in [5.41, 5.74) is 1.44. The number of nitroso groups, excluding NO2 is 1. The summed E-state index contributed by atoms with van der Waals surface area (Å²) in [5, 5.41) is 15.2. The van der Waals surface area contributed by atoms with Crippen molar-refractivity contribution in [2.75, 3.05) is 0 Å². The molecule has 1 heterocycles. The fraction of sp³-hybridized carbons (Fsp3) is 0.353. The molecule has 0 aliphatic rings. The van der Waals surface area contributed by atoms with E-state index >= 15 is 0 Å². The molecule has 0 aliphatic heterocycles. The van der Waals surface area contributed by atoms with Crippen molar-refractivity contribution in [3.05, 3.63) is 35.0 Å². The highest BCUT2D eigenvalue weighted by Gasteiger charge is 2.21. The first-order chi connectivity index (χ1) is 10.7. The van der Waals surface area contributed by atoms with Crippen molar-refractivity contribution >= 4 is 27.5 Å². The number of phenols is 1. The number of aryl methyl sites for hydroxylation is 2. The minimum Gasteiger partial charge on any atom is -0.505 e. The maximum Gasteiger partial charge on any atom is 0.149 e. The van der Waals surface area contributed by atoms with Crippen molar-refractivity contribution in [3.63, 3.8) is 0 Å². The predicted octanol–water partition coefficient (Wildman–Crippen LogP) is 4.66. The van der Waals surface area contributed by atoms with Gasteiger partial charge in [0, 0.05) is 23.7 Å². The Morgan fingerprint density at radius 2 is 1.95 bits per heavy atom. The number of unbranched alkanes of at least 4 members (excludes halogenated alkanes) is 1. The lowest BCUT2D eigenvalue weighted by atomic mass is 10.1. The second-order valence-electron chi connectivity index (χ2n) is 5.42. The molecule has 0 unspecified atom stereocenters. The van der Waals surface area contributed by atoms with Crippen LogP contribution in [-0.4, -0.2) is 14.7 Å². The van der Waals surface area contributed by atoms with Crippen LogP contribution in [0.2, 0.25) is 0 Å². The van der Waals surface area contributed by atoms with Gasteiger partial charge >= 0.3 is 0 Å². The van der Waals surface area contributed by atoms with E-state index in [1.165, 1.54) is 0 Å². The molecule has 0 aliphatic carbocycles. The van der Waals surface area contributed by atoms with E-state index in [9.17, 15) is 10.0 Å². The first-order valence-electron chi connectivity index (χ1n) is 7.69. The molecular formula is C17H19N3O2. The van der Waals surface area contributed by atoms with Crippen LogP contribution >= 0.6 is 0 Å². The van der Waals surface area contributed by atoms with E-state index in [4.69, 9.17) is 0 Å². The summed E-state index contributed by atoms with van der Waals surface area (Å²) >= 11 is 0. The molecule has 1 aromatic heterocycles. The van der Waals surface area contributed by atoms with Crippen molar-refractivity contribution in [1.29, 1.82) is 0 Å². The van der Waals surface area contributed by atoms with Gasteiger partial charge in [-0.25, -0.2) is 4.98 Å². The van der Waals surface area contributed by atoms with Crippen LogP contribution in [0.1, 0.15) is 32.5 Å². The Morgan fingerprint density at radius 1 is 1.23 bits per heavy atom. The van der Waals surface area contributed by atoms with Crippen LogP contribution in [-0.2, 0) is 13.0 Å². The zero-order valence-electron chi connectivity index (χ0n) is 12.8. The number of imidazole rings is 1. The summed E-state index contributed by atoms with van der Waals surface area (Å²) in [4.78, 5) is 16.0. The molecule has 114 valence electrons. The fourth-order valence-electron chi connectivity index (χ4n) is 2.97.